The van der Waals surface area contributed by atoms with Crippen molar-refractivity contribution in [3.8, 4) is 10.6 Å². The lowest BCUT2D eigenvalue weighted by Crippen LogP contribution is -2.48. The molecule has 0 radical (unpaired) electrons. The molecule has 5 nitrogen and oxygen atoms in total. The number of aromatic nitrogens is 1. The van der Waals surface area contributed by atoms with Crippen LogP contribution in [0.5, 0.6) is 0 Å². The van der Waals surface area contributed by atoms with E-state index < -0.39 is 0 Å². The standard InChI is InChI=1S/C24H27ClN4OS/c1-18-5-4-6-20(15-18)29-13-11-28(12-14-29)10-9-26-23(30)16-19-17-31-24(27-19)21-7-2-3-8-22(21)25/h2-8,15,17H,9-14,16H2,1H3,(H,26,30). The Kier molecular flexibility index (Phi) is 7.22. The van der Waals surface area contributed by atoms with E-state index in [1.165, 1.54) is 22.6 Å². The van der Waals surface area contributed by atoms with Gasteiger partial charge >= 0.3 is 0 Å². The molecular weight excluding hydrogens is 428 g/mol. The number of amides is 1. The van der Waals surface area contributed by atoms with Gasteiger partial charge in [0.15, 0.2) is 0 Å². The van der Waals surface area contributed by atoms with Gasteiger partial charge in [-0.15, -0.1) is 11.3 Å². The minimum absolute atomic E-state index is 0.00871. The zero-order valence-corrected chi connectivity index (χ0v) is 19.3. The Morgan fingerprint density at radius 1 is 1.13 bits per heavy atom. The quantitative estimate of drug-likeness (QED) is 0.579. The molecule has 0 saturated carbocycles. The number of piperazine rings is 1. The molecule has 2 heterocycles. The highest BCUT2D eigenvalue weighted by atomic mass is 35.5. The Labute approximate surface area is 192 Å². The zero-order valence-electron chi connectivity index (χ0n) is 17.7. The van der Waals surface area contributed by atoms with Gasteiger partial charge in [-0.25, -0.2) is 4.98 Å². The van der Waals surface area contributed by atoms with Crippen LogP contribution in [0.15, 0.2) is 53.9 Å². The van der Waals surface area contributed by atoms with E-state index in [4.69, 9.17) is 11.6 Å². The van der Waals surface area contributed by atoms with Crippen LogP contribution in [-0.2, 0) is 11.2 Å². The van der Waals surface area contributed by atoms with Gasteiger partial charge in [-0.2, -0.15) is 0 Å². The number of halogens is 1. The van der Waals surface area contributed by atoms with E-state index in [1.54, 1.807) is 0 Å². The van der Waals surface area contributed by atoms with Crippen molar-refractivity contribution in [1.29, 1.82) is 0 Å². The minimum Gasteiger partial charge on any atom is -0.369 e. The van der Waals surface area contributed by atoms with Crippen LogP contribution in [0.25, 0.3) is 10.6 Å². The number of aryl methyl sites for hydroxylation is 1. The fraction of sp³-hybridized carbons (Fsp3) is 0.333. The highest BCUT2D eigenvalue weighted by molar-refractivity contribution is 7.13. The summed E-state index contributed by atoms with van der Waals surface area (Å²) >= 11 is 7.76. The number of benzene rings is 2. The smallest absolute Gasteiger partial charge is 0.226 e. The Hall–Kier alpha value is -2.41. The first-order valence-electron chi connectivity index (χ1n) is 10.6. The third-order valence-corrected chi connectivity index (χ3v) is 6.74. The number of thiazole rings is 1. The first kappa shape index (κ1) is 21.8. The number of hydrogen-bond donors (Lipinski definition) is 1. The normalized spacial score (nSPS) is 14.6. The Morgan fingerprint density at radius 2 is 1.94 bits per heavy atom. The summed E-state index contributed by atoms with van der Waals surface area (Å²) in [5.74, 6) is 0.00871. The molecule has 1 fully saturated rings. The fourth-order valence-corrected chi connectivity index (χ4v) is 4.92. The first-order chi connectivity index (χ1) is 15.1. The number of rotatable bonds is 7. The highest BCUT2D eigenvalue weighted by Gasteiger charge is 2.17. The maximum absolute atomic E-state index is 12.3. The Balaban J connectivity index is 1.19. The molecule has 1 aliphatic rings. The molecule has 3 aromatic rings. The average Bonchev–Trinajstić information content (AvgIpc) is 3.22. The third kappa shape index (κ3) is 5.85. The van der Waals surface area contributed by atoms with Gasteiger partial charge in [0.25, 0.3) is 0 Å². The maximum atomic E-state index is 12.3. The van der Waals surface area contributed by atoms with Gasteiger partial charge in [-0.05, 0) is 30.7 Å². The molecule has 1 saturated heterocycles. The molecule has 0 atom stereocenters. The van der Waals surface area contributed by atoms with Crippen molar-refractivity contribution in [1.82, 2.24) is 15.2 Å². The number of hydrogen-bond acceptors (Lipinski definition) is 5. The molecule has 1 aliphatic heterocycles. The van der Waals surface area contributed by atoms with Crippen molar-refractivity contribution < 1.29 is 4.79 Å². The highest BCUT2D eigenvalue weighted by Crippen LogP contribution is 2.30. The minimum atomic E-state index is 0.00871. The Morgan fingerprint density at radius 3 is 2.71 bits per heavy atom. The molecule has 1 N–H and O–H groups in total. The van der Waals surface area contributed by atoms with Crippen molar-refractivity contribution in [3.05, 3.63) is 70.2 Å². The topological polar surface area (TPSA) is 48.5 Å². The van der Waals surface area contributed by atoms with Gasteiger partial charge in [0, 0.05) is 55.9 Å². The first-order valence-corrected chi connectivity index (χ1v) is 11.8. The van der Waals surface area contributed by atoms with E-state index in [1.807, 2.05) is 29.6 Å². The van der Waals surface area contributed by atoms with Crippen LogP contribution >= 0.6 is 22.9 Å². The average molecular weight is 455 g/mol. The van der Waals surface area contributed by atoms with Crippen LogP contribution < -0.4 is 10.2 Å². The summed E-state index contributed by atoms with van der Waals surface area (Å²) in [4.78, 5) is 21.8. The lowest BCUT2D eigenvalue weighted by atomic mass is 10.2. The summed E-state index contributed by atoms with van der Waals surface area (Å²) in [6.07, 6.45) is 0.294. The van der Waals surface area contributed by atoms with E-state index in [0.717, 1.165) is 49.0 Å². The number of carbonyl (C=O) groups excluding carboxylic acids is 1. The molecule has 7 heteroatoms. The van der Waals surface area contributed by atoms with E-state index in [0.29, 0.717) is 18.0 Å². The number of anilines is 1. The molecule has 1 aromatic heterocycles. The number of nitrogens with zero attached hydrogens (tertiary/aromatic N) is 3. The number of nitrogens with one attached hydrogen (secondary N) is 1. The fourth-order valence-electron chi connectivity index (χ4n) is 3.78. The predicted octanol–water partition coefficient (Wildman–Crippen LogP) is 4.25. The van der Waals surface area contributed by atoms with Crippen LogP contribution in [0.3, 0.4) is 0 Å². The van der Waals surface area contributed by atoms with Crippen molar-refractivity contribution in [2.45, 2.75) is 13.3 Å². The third-order valence-electron chi connectivity index (χ3n) is 5.49. The van der Waals surface area contributed by atoms with E-state index in [9.17, 15) is 4.79 Å². The summed E-state index contributed by atoms with van der Waals surface area (Å²) in [6, 6.07) is 16.3. The molecule has 1 amide bonds. The van der Waals surface area contributed by atoms with Gasteiger partial charge in [0.05, 0.1) is 17.1 Å². The van der Waals surface area contributed by atoms with Gasteiger partial charge in [0.2, 0.25) is 5.91 Å². The SMILES string of the molecule is Cc1cccc(N2CCN(CCNC(=O)Cc3csc(-c4ccccc4Cl)n3)CC2)c1. The molecule has 4 rings (SSSR count). The summed E-state index contributed by atoms with van der Waals surface area (Å²) < 4.78 is 0. The zero-order chi connectivity index (χ0) is 21.6. The molecule has 31 heavy (non-hydrogen) atoms. The van der Waals surface area contributed by atoms with Gasteiger partial charge < -0.3 is 10.2 Å². The van der Waals surface area contributed by atoms with Crippen LogP contribution in [-0.4, -0.2) is 55.1 Å². The molecule has 0 bridgehead atoms. The molecule has 0 spiro atoms. The van der Waals surface area contributed by atoms with Gasteiger partial charge in [-0.3, -0.25) is 9.69 Å². The summed E-state index contributed by atoms with van der Waals surface area (Å²) in [6.45, 7) is 7.71. The molecule has 0 aliphatic carbocycles. The summed E-state index contributed by atoms with van der Waals surface area (Å²) in [7, 11) is 0. The largest absolute Gasteiger partial charge is 0.369 e. The second kappa shape index (κ2) is 10.3. The number of carbonyl (C=O) groups is 1. The lowest BCUT2D eigenvalue weighted by molar-refractivity contribution is -0.120. The second-order valence-corrected chi connectivity index (χ2v) is 9.08. The van der Waals surface area contributed by atoms with Gasteiger partial charge in [-0.1, -0.05) is 41.9 Å². The van der Waals surface area contributed by atoms with Crippen LogP contribution in [0.1, 0.15) is 11.3 Å². The molecular formula is C24H27ClN4OS. The molecule has 162 valence electrons. The van der Waals surface area contributed by atoms with Crippen LogP contribution in [0.4, 0.5) is 5.69 Å². The Bertz CT molecular complexity index is 1030. The summed E-state index contributed by atoms with van der Waals surface area (Å²) in [5.41, 5.74) is 4.28. The van der Waals surface area contributed by atoms with Crippen LogP contribution in [0, 0.1) is 6.92 Å². The van der Waals surface area contributed by atoms with Crippen molar-refractivity contribution in [2.24, 2.45) is 0 Å². The molecule has 0 unspecified atom stereocenters. The van der Waals surface area contributed by atoms with Crippen molar-refractivity contribution in [2.75, 3.05) is 44.2 Å². The molecule has 2 aromatic carbocycles. The van der Waals surface area contributed by atoms with Gasteiger partial charge in [0.1, 0.15) is 5.01 Å². The summed E-state index contributed by atoms with van der Waals surface area (Å²) in [5, 5.41) is 6.49. The lowest BCUT2D eigenvalue weighted by Gasteiger charge is -2.36. The van der Waals surface area contributed by atoms with E-state index in [2.05, 4.69) is 51.3 Å². The van der Waals surface area contributed by atoms with E-state index >= 15 is 0 Å². The van der Waals surface area contributed by atoms with E-state index in [-0.39, 0.29) is 5.91 Å². The van der Waals surface area contributed by atoms with Crippen LogP contribution in [0.2, 0.25) is 5.02 Å². The van der Waals surface area contributed by atoms with Crippen molar-refractivity contribution >= 4 is 34.5 Å². The monoisotopic (exact) mass is 454 g/mol. The predicted molar refractivity (Wildman–Crippen MR) is 129 cm³/mol. The maximum Gasteiger partial charge on any atom is 0.226 e. The van der Waals surface area contributed by atoms with Crippen molar-refractivity contribution in [3.63, 3.8) is 0 Å². The second-order valence-electron chi connectivity index (χ2n) is 7.82.